The number of allylic oxidation sites excluding steroid dienone is 2. The average Bonchev–Trinajstić information content (AvgIpc) is 2.71. The Bertz CT molecular complexity index is 1040. The van der Waals surface area contributed by atoms with Crippen molar-refractivity contribution >= 4 is 31.6 Å². The zero-order valence-corrected chi connectivity index (χ0v) is 17.4. The van der Waals surface area contributed by atoms with E-state index in [-0.39, 0.29) is 0 Å². The molecule has 0 saturated carbocycles. The van der Waals surface area contributed by atoms with Crippen molar-refractivity contribution in [1.82, 2.24) is 0 Å². The molecule has 1 heteroatoms. The molecule has 1 aliphatic heterocycles. The van der Waals surface area contributed by atoms with Gasteiger partial charge < -0.3 is 0 Å². The molecule has 0 aliphatic carbocycles. The van der Waals surface area contributed by atoms with Crippen molar-refractivity contribution in [3.8, 4) is 0 Å². The van der Waals surface area contributed by atoms with Crippen molar-refractivity contribution in [1.29, 1.82) is 0 Å². The Labute approximate surface area is 152 Å². The highest BCUT2D eigenvalue weighted by atomic mass is 28.3. The zero-order valence-electron chi connectivity index (χ0n) is 16.4. The molecule has 2 aromatic carbocycles. The lowest BCUT2D eigenvalue weighted by Crippen LogP contribution is -2.35. The summed E-state index contributed by atoms with van der Waals surface area (Å²) < 4.78 is 0. The van der Waals surface area contributed by atoms with Gasteiger partial charge in [-0.15, -0.1) is 0 Å². The van der Waals surface area contributed by atoms with E-state index in [1.165, 1.54) is 32.7 Å². The first-order valence-electron chi connectivity index (χ1n) is 8.93. The summed E-state index contributed by atoms with van der Waals surface area (Å²) >= 11 is 0. The van der Waals surface area contributed by atoms with Crippen molar-refractivity contribution in [2.24, 2.45) is 0 Å². The second-order valence-electron chi connectivity index (χ2n) is 7.91. The van der Waals surface area contributed by atoms with E-state index in [2.05, 4.69) is 90.3 Å². The Balaban J connectivity index is 2.45. The van der Waals surface area contributed by atoms with Crippen LogP contribution in [0.3, 0.4) is 0 Å². The molecule has 1 heterocycles. The third-order valence-electron chi connectivity index (χ3n) is 5.83. The largest absolute Gasteiger partial charge is 0.114 e. The van der Waals surface area contributed by atoms with Crippen molar-refractivity contribution in [3.05, 3.63) is 79.5 Å². The summed E-state index contributed by atoms with van der Waals surface area (Å²) in [5.74, 6) is 0. The quantitative estimate of drug-likeness (QED) is 0.644. The fourth-order valence-corrected chi connectivity index (χ4v) is 8.55. The second kappa shape index (κ2) is 6.00. The van der Waals surface area contributed by atoms with Crippen LogP contribution in [0, 0.1) is 13.8 Å². The minimum Gasteiger partial charge on any atom is -0.0915 e. The molecule has 0 fully saturated rings. The van der Waals surface area contributed by atoms with Crippen LogP contribution in [0.15, 0.2) is 47.5 Å². The third-order valence-corrected chi connectivity index (χ3v) is 9.65. The number of benzene rings is 2. The van der Waals surface area contributed by atoms with Crippen LogP contribution in [0.25, 0.3) is 23.6 Å². The Morgan fingerprint density at radius 1 is 0.640 bits per heavy atom. The van der Waals surface area contributed by atoms with E-state index in [1.54, 1.807) is 10.4 Å². The summed E-state index contributed by atoms with van der Waals surface area (Å²) in [6.07, 6.45) is 0. The molecule has 2 aromatic rings. The van der Waals surface area contributed by atoms with Gasteiger partial charge in [0.15, 0.2) is 0 Å². The maximum atomic E-state index is 4.12. The maximum Gasteiger partial charge on any atom is 0.114 e. The number of rotatable bonds is 0. The number of hydrogen-bond acceptors (Lipinski definition) is 0. The summed E-state index contributed by atoms with van der Waals surface area (Å²) in [4.78, 5) is 0. The first-order valence-corrected chi connectivity index (χ1v) is 11.9. The smallest absolute Gasteiger partial charge is 0.0915 e. The van der Waals surface area contributed by atoms with Gasteiger partial charge in [-0.3, -0.25) is 0 Å². The molecule has 0 bridgehead atoms. The highest BCUT2D eigenvalue weighted by Crippen LogP contribution is 2.43. The summed E-state index contributed by atoms with van der Waals surface area (Å²) in [5.41, 5.74) is 5.45. The van der Waals surface area contributed by atoms with Gasteiger partial charge in [-0.2, -0.15) is 0 Å². The summed E-state index contributed by atoms with van der Waals surface area (Å²) in [6.45, 7) is 22.1. The monoisotopic (exact) mass is 344 g/mol. The average molecular weight is 345 g/mol. The standard InChI is InChI=1S/C24H28Si/c1-15-9-11-21(13-17(15)3)23-19(5)20(6)24(25(23,7)8)22-12-10-16(2)18(4)14-22/h9-14H,1-2H2,3-8H3/b23-21+,24-22+. The predicted molar refractivity (Wildman–Crippen MR) is 115 cm³/mol. The molecule has 0 unspecified atom stereocenters. The Hall–Kier alpha value is -2.12. The third kappa shape index (κ3) is 2.77. The van der Waals surface area contributed by atoms with Crippen molar-refractivity contribution in [2.75, 3.05) is 0 Å². The van der Waals surface area contributed by atoms with Gasteiger partial charge in [0, 0.05) is 0 Å². The predicted octanol–water partition coefficient (Wildman–Crippen LogP) is 3.26. The highest BCUT2D eigenvalue weighted by Gasteiger charge is 2.39. The fourth-order valence-electron chi connectivity index (χ4n) is 4.29. The molecular weight excluding hydrogens is 316 g/mol. The normalized spacial score (nSPS) is 21.0. The summed E-state index contributed by atoms with van der Waals surface area (Å²) in [5, 5.41) is 8.12. The maximum absolute atomic E-state index is 4.12. The molecule has 1 aliphatic rings. The number of hydrogen-bond donors (Lipinski definition) is 0. The molecule has 0 spiro atoms. The van der Waals surface area contributed by atoms with Gasteiger partial charge in [0.25, 0.3) is 0 Å². The SMILES string of the molecule is C=c1cc/c(=C2C(C)=C(C)/C(=c3/ccc(=C)c(C)c3)[Si]/2(C)C)cc1C. The molecule has 0 saturated heterocycles. The number of aryl methyl sites for hydroxylation is 2. The van der Waals surface area contributed by atoms with Gasteiger partial charge in [-0.1, -0.05) is 62.7 Å². The topological polar surface area (TPSA) is 0 Å². The van der Waals surface area contributed by atoms with Crippen LogP contribution in [0.1, 0.15) is 25.0 Å². The Morgan fingerprint density at radius 2 is 1.00 bits per heavy atom. The van der Waals surface area contributed by atoms with Crippen LogP contribution < -0.4 is 20.9 Å². The fraction of sp³-hybridized carbons (Fsp3) is 0.250. The molecule has 0 atom stereocenters. The van der Waals surface area contributed by atoms with E-state index in [4.69, 9.17) is 0 Å². The van der Waals surface area contributed by atoms with Crippen molar-refractivity contribution in [3.63, 3.8) is 0 Å². The van der Waals surface area contributed by atoms with Crippen LogP contribution in [-0.4, -0.2) is 8.07 Å². The first-order chi connectivity index (χ1) is 11.6. The lowest BCUT2D eigenvalue weighted by atomic mass is 10.1. The van der Waals surface area contributed by atoms with E-state index >= 15 is 0 Å². The van der Waals surface area contributed by atoms with Crippen molar-refractivity contribution < 1.29 is 0 Å². The molecule has 0 nitrogen and oxygen atoms in total. The lowest BCUT2D eigenvalue weighted by Gasteiger charge is -2.23. The van der Waals surface area contributed by atoms with Gasteiger partial charge in [-0.05, 0) is 81.2 Å². The van der Waals surface area contributed by atoms with Crippen LogP contribution in [-0.2, 0) is 0 Å². The van der Waals surface area contributed by atoms with Crippen LogP contribution in [0.2, 0.25) is 13.1 Å². The minimum atomic E-state index is -1.77. The molecule has 0 N–H and O–H groups in total. The van der Waals surface area contributed by atoms with E-state index in [0.29, 0.717) is 0 Å². The highest BCUT2D eigenvalue weighted by molar-refractivity contribution is 7.09. The summed E-state index contributed by atoms with van der Waals surface area (Å²) in [7, 11) is -1.77. The molecule has 128 valence electrons. The van der Waals surface area contributed by atoms with E-state index in [1.807, 2.05) is 0 Å². The van der Waals surface area contributed by atoms with Gasteiger partial charge >= 0.3 is 0 Å². The Kier molecular flexibility index (Phi) is 4.24. The van der Waals surface area contributed by atoms with Gasteiger partial charge in [0.1, 0.15) is 8.07 Å². The minimum absolute atomic E-state index is 1.12. The van der Waals surface area contributed by atoms with Gasteiger partial charge in [0.05, 0.1) is 0 Å². The zero-order chi connectivity index (χ0) is 18.5. The van der Waals surface area contributed by atoms with E-state index < -0.39 is 8.07 Å². The molecule has 0 aromatic heterocycles. The molecule has 3 rings (SSSR count). The molecule has 0 radical (unpaired) electrons. The lowest BCUT2D eigenvalue weighted by molar-refractivity contribution is 1.36. The second-order valence-corrected chi connectivity index (χ2v) is 12.2. The first kappa shape index (κ1) is 17.7. The Morgan fingerprint density at radius 3 is 1.32 bits per heavy atom. The molecule has 0 amide bonds. The molecular formula is C24H28Si. The van der Waals surface area contributed by atoms with Crippen molar-refractivity contribution in [2.45, 2.75) is 40.8 Å². The van der Waals surface area contributed by atoms with E-state index in [9.17, 15) is 0 Å². The van der Waals surface area contributed by atoms with Gasteiger partial charge in [-0.25, -0.2) is 0 Å². The van der Waals surface area contributed by atoms with Crippen LogP contribution >= 0.6 is 0 Å². The summed E-state index contributed by atoms with van der Waals surface area (Å²) in [6, 6.07) is 13.5. The molecule has 25 heavy (non-hydrogen) atoms. The van der Waals surface area contributed by atoms with Gasteiger partial charge in [0.2, 0.25) is 0 Å². The van der Waals surface area contributed by atoms with E-state index in [0.717, 1.165) is 10.4 Å². The van der Waals surface area contributed by atoms with Crippen LogP contribution in [0.5, 0.6) is 0 Å². The van der Waals surface area contributed by atoms with Crippen LogP contribution in [0.4, 0.5) is 0 Å².